The van der Waals surface area contributed by atoms with Crippen molar-refractivity contribution in [2.75, 3.05) is 46.1 Å². The molecule has 3 aliphatic heterocycles. The van der Waals surface area contributed by atoms with Gasteiger partial charge in [0.1, 0.15) is 0 Å². The minimum Gasteiger partial charge on any atom is -0.454 e. The van der Waals surface area contributed by atoms with Crippen molar-refractivity contribution >= 4 is 12.0 Å². The first kappa shape index (κ1) is 16.4. The quantitative estimate of drug-likeness (QED) is 0.779. The third-order valence-corrected chi connectivity index (χ3v) is 4.98. The third-order valence-electron chi connectivity index (χ3n) is 4.98. The molecule has 1 atom stereocenters. The molecule has 1 aromatic rings. The third kappa shape index (κ3) is 3.96. The molecule has 0 aromatic heterocycles. The second-order valence-electron chi connectivity index (χ2n) is 6.71. The number of rotatable bonds is 4. The Balaban J connectivity index is 1.27. The second kappa shape index (κ2) is 7.45. The molecule has 0 aliphatic carbocycles. The molecule has 0 saturated carbocycles. The van der Waals surface area contributed by atoms with Crippen molar-refractivity contribution in [1.29, 1.82) is 0 Å². The summed E-state index contributed by atoms with van der Waals surface area (Å²) in [7, 11) is 0. The highest BCUT2D eigenvalue weighted by Crippen LogP contribution is 2.32. The zero-order valence-corrected chi connectivity index (χ0v) is 14.4. The van der Waals surface area contributed by atoms with Crippen molar-refractivity contribution in [1.82, 2.24) is 9.80 Å². The van der Waals surface area contributed by atoms with E-state index in [0.717, 1.165) is 62.8 Å². The number of benzene rings is 1. The van der Waals surface area contributed by atoms with Crippen LogP contribution in [0.3, 0.4) is 0 Å². The average molecular weight is 344 g/mol. The summed E-state index contributed by atoms with van der Waals surface area (Å²) < 4.78 is 16.4. The lowest BCUT2D eigenvalue weighted by molar-refractivity contribution is -0.127. The summed E-state index contributed by atoms with van der Waals surface area (Å²) in [6, 6.07) is 5.69. The minimum absolute atomic E-state index is 0.0643. The highest BCUT2D eigenvalue weighted by molar-refractivity contribution is 5.92. The first-order valence-electron chi connectivity index (χ1n) is 8.98. The van der Waals surface area contributed by atoms with Crippen molar-refractivity contribution in [2.24, 2.45) is 0 Å². The molecule has 1 unspecified atom stereocenters. The van der Waals surface area contributed by atoms with Gasteiger partial charge in [0.25, 0.3) is 0 Å². The number of hydrogen-bond acceptors (Lipinski definition) is 5. The number of piperazine rings is 1. The van der Waals surface area contributed by atoms with Crippen molar-refractivity contribution in [3.05, 3.63) is 29.8 Å². The maximum atomic E-state index is 12.4. The molecule has 2 saturated heterocycles. The maximum Gasteiger partial charge on any atom is 0.246 e. The van der Waals surface area contributed by atoms with Crippen LogP contribution >= 0.6 is 0 Å². The number of carbonyl (C=O) groups excluding carboxylic acids is 1. The smallest absolute Gasteiger partial charge is 0.246 e. The standard InChI is InChI=1S/C19H24N2O4/c22-19(6-4-15-3-5-17-18(12-15)25-14-24-17)21-9-7-20(8-10-21)13-16-2-1-11-23-16/h3-6,12,16H,1-2,7-11,13-14H2. The van der Waals surface area contributed by atoms with Crippen LogP contribution in [0.5, 0.6) is 11.5 Å². The monoisotopic (exact) mass is 344 g/mol. The van der Waals surface area contributed by atoms with Crippen molar-refractivity contribution < 1.29 is 19.0 Å². The van der Waals surface area contributed by atoms with Gasteiger partial charge >= 0.3 is 0 Å². The van der Waals surface area contributed by atoms with Gasteiger partial charge in [-0.1, -0.05) is 6.07 Å². The maximum absolute atomic E-state index is 12.4. The first-order chi connectivity index (χ1) is 12.3. The van der Waals surface area contributed by atoms with E-state index in [1.807, 2.05) is 29.2 Å². The molecule has 0 radical (unpaired) electrons. The molecule has 0 bridgehead atoms. The number of ether oxygens (including phenoxy) is 3. The van der Waals surface area contributed by atoms with Gasteiger partial charge in [0.05, 0.1) is 6.10 Å². The summed E-state index contributed by atoms with van der Waals surface area (Å²) in [4.78, 5) is 16.7. The Morgan fingerprint density at radius 1 is 1.16 bits per heavy atom. The summed E-state index contributed by atoms with van der Waals surface area (Å²) in [5.41, 5.74) is 0.939. The van der Waals surface area contributed by atoms with Gasteiger partial charge in [0.2, 0.25) is 12.7 Å². The number of nitrogens with zero attached hydrogens (tertiary/aromatic N) is 2. The van der Waals surface area contributed by atoms with Crippen molar-refractivity contribution in [2.45, 2.75) is 18.9 Å². The van der Waals surface area contributed by atoms with Crippen LogP contribution in [0.25, 0.3) is 6.08 Å². The Bertz CT molecular complexity index is 647. The Morgan fingerprint density at radius 2 is 2.00 bits per heavy atom. The van der Waals surface area contributed by atoms with Gasteiger partial charge in [-0.2, -0.15) is 0 Å². The normalized spacial score (nSPS) is 23.5. The van der Waals surface area contributed by atoms with Gasteiger partial charge in [-0.15, -0.1) is 0 Å². The Hall–Kier alpha value is -2.05. The first-order valence-corrected chi connectivity index (χ1v) is 8.98. The summed E-state index contributed by atoms with van der Waals surface area (Å²) in [6.07, 6.45) is 6.20. The molecule has 6 heteroatoms. The van der Waals surface area contributed by atoms with Crippen LogP contribution in [0, 0.1) is 0 Å². The predicted octanol–water partition coefficient (Wildman–Crippen LogP) is 1.75. The molecular weight excluding hydrogens is 320 g/mol. The van der Waals surface area contributed by atoms with Crippen molar-refractivity contribution in [3.8, 4) is 11.5 Å². The highest BCUT2D eigenvalue weighted by Gasteiger charge is 2.24. The van der Waals surface area contributed by atoms with Gasteiger partial charge in [-0.3, -0.25) is 9.69 Å². The van der Waals surface area contributed by atoms with E-state index in [0.29, 0.717) is 6.10 Å². The lowest BCUT2D eigenvalue weighted by Crippen LogP contribution is -2.50. The van der Waals surface area contributed by atoms with E-state index in [4.69, 9.17) is 14.2 Å². The van der Waals surface area contributed by atoms with Crippen LogP contribution in [-0.4, -0.2) is 67.9 Å². The molecule has 134 valence electrons. The number of amides is 1. The molecule has 4 rings (SSSR count). The zero-order chi connectivity index (χ0) is 17.1. The lowest BCUT2D eigenvalue weighted by atomic mass is 10.2. The Kier molecular flexibility index (Phi) is 4.90. The van der Waals surface area contributed by atoms with Crippen LogP contribution in [0.15, 0.2) is 24.3 Å². The molecule has 1 aromatic carbocycles. The SMILES string of the molecule is O=C(C=Cc1ccc2c(c1)OCO2)N1CCN(CC2CCCO2)CC1. The number of carbonyl (C=O) groups is 1. The van der Waals surface area contributed by atoms with Crippen molar-refractivity contribution in [3.63, 3.8) is 0 Å². The van der Waals surface area contributed by atoms with Gasteiger partial charge in [-0.25, -0.2) is 0 Å². The van der Waals surface area contributed by atoms with E-state index in [-0.39, 0.29) is 12.7 Å². The summed E-state index contributed by atoms with van der Waals surface area (Å²) >= 11 is 0. The van der Waals surface area contributed by atoms with E-state index in [1.165, 1.54) is 6.42 Å². The van der Waals surface area contributed by atoms with Crippen LogP contribution in [0.4, 0.5) is 0 Å². The molecule has 1 amide bonds. The number of fused-ring (bicyclic) bond motifs is 1. The highest BCUT2D eigenvalue weighted by atomic mass is 16.7. The van der Waals surface area contributed by atoms with Crippen LogP contribution < -0.4 is 9.47 Å². The van der Waals surface area contributed by atoms with E-state index in [1.54, 1.807) is 6.08 Å². The summed E-state index contributed by atoms with van der Waals surface area (Å²) in [6.45, 7) is 5.54. The van der Waals surface area contributed by atoms with E-state index < -0.39 is 0 Å². The van der Waals surface area contributed by atoms with E-state index in [2.05, 4.69) is 4.90 Å². The molecule has 0 N–H and O–H groups in total. The predicted molar refractivity (Wildman–Crippen MR) is 93.6 cm³/mol. The van der Waals surface area contributed by atoms with Crippen LogP contribution in [0.1, 0.15) is 18.4 Å². The minimum atomic E-state index is 0.0643. The van der Waals surface area contributed by atoms with Crippen LogP contribution in [-0.2, 0) is 9.53 Å². The Morgan fingerprint density at radius 3 is 2.80 bits per heavy atom. The van der Waals surface area contributed by atoms with Gasteiger partial charge in [0.15, 0.2) is 11.5 Å². The average Bonchev–Trinajstić information content (AvgIpc) is 3.31. The molecule has 2 fully saturated rings. The summed E-state index contributed by atoms with van der Waals surface area (Å²) in [5, 5.41) is 0. The fraction of sp³-hybridized carbons (Fsp3) is 0.526. The van der Waals surface area contributed by atoms with E-state index >= 15 is 0 Å². The molecule has 0 spiro atoms. The van der Waals surface area contributed by atoms with E-state index in [9.17, 15) is 4.79 Å². The van der Waals surface area contributed by atoms with Gasteiger partial charge < -0.3 is 19.1 Å². The second-order valence-corrected chi connectivity index (χ2v) is 6.71. The molecule has 3 aliphatic rings. The Labute approximate surface area is 147 Å². The van der Waals surface area contributed by atoms with Gasteiger partial charge in [-0.05, 0) is 36.6 Å². The summed E-state index contributed by atoms with van der Waals surface area (Å²) in [5.74, 6) is 1.55. The fourth-order valence-corrected chi connectivity index (χ4v) is 3.52. The lowest BCUT2D eigenvalue weighted by Gasteiger charge is -2.35. The fourth-order valence-electron chi connectivity index (χ4n) is 3.52. The molecule has 25 heavy (non-hydrogen) atoms. The zero-order valence-electron chi connectivity index (χ0n) is 14.4. The molecule has 3 heterocycles. The van der Waals surface area contributed by atoms with Gasteiger partial charge in [0, 0.05) is 45.4 Å². The largest absolute Gasteiger partial charge is 0.454 e. The number of hydrogen-bond donors (Lipinski definition) is 0. The topological polar surface area (TPSA) is 51.2 Å². The molecule has 6 nitrogen and oxygen atoms in total. The molecular formula is C19H24N2O4. The van der Waals surface area contributed by atoms with Crippen LogP contribution in [0.2, 0.25) is 0 Å².